The average Bonchev–Trinajstić information content (AvgIpc) is 2.74. The maximum atomic E-state index is 2.93. The summed E-state index contributed by atoms with van der Waals surface area (Å²) in [7, 11) is 0. The van der Waals surface area contributed by atoms with Crippen molar-refractivity contribution >= 4 is 0 Å². The van der Waals surface area contributed by atoms with Gasteiger partial charge in [-0.05, 0) is 53.5 Å². The summed E-state index contributed by atoms with van der Waals surface area (Å²) in [5, 5.41) is 0. The van der Waals surface area contributed by atoms with Gasteiger partial charge in [0.25, 0.3) is 0 Å². The van der Waals surface area contributed by atoms with Crippen molar-refractivity contribution in [1.29, 1.82) is 0 Å². The van der Waals surface area contributed by atoms with Gasteiger partial charge >= 0.3 is 0 Å². The molecule has 0 bridgehead atoms. The number of nitrogens with zero attached hydrogens (tertiary/aromatic N) is 1. The van der Waals surface area contributed by atoms with Crippen molar-refractivity contribution in [3.8, 4) is 0 Å². The largest absolute Gasteiger partial charge is 0.293 e. The lowest BCUT2D eigenvalue weighted by Crippen LogP contribution is -2.55. The van der Waals surface area contributed by atoms with Gasteiger partial charge in [-0.2, -0.15) is 0 Å². The van der Waals surface area contributed by atoms with Crippen LogP contribution in [0.25, 0.3) is 0 Å². The summed E-state index contributed by atoms with van der Waals surface area (Å²) < 4.78 is 0. The highest BCUT2D eigenvalue weighted by Gasteiger charge is 2.36. The number of rotatable bonds is 24. The van der Waals surface area contributed by atoms with Crippen molar-refractivity contribution in [2.45, 2.75) is 194 Å². The van der Waals surface area contributed by atoms with Crippen LogP contribution in [-0.2, 0) is 0 Å². The third-order valence-electron chi connectivity index (χ3n) is 7.73. The van der Waals surface area contributed by atoms with Gasteiger partial charge in [-0.25, -0.2) is 0 Å². The second-order valence-electron chi connectivity index (χ2n) is 11.9. The van der Waals surface area contributed by atoms with E-state index in [9.17, 15) is 0 Å². The number of hydrogen-bond acceptors (Lipinski definition) is 1. The fourth-order valence-corrected chi connectivity index (χ4v) is 5.60. The molecule has 0 heterocycles. The molecule has 0 spiro atoms. The van der Waals surface area contributed by atoms with E-state index in [4.69, 9.17) is 0 Å². The summed E-state index contributed by atoms with van der Waals surface area (Å²) in [4.78, 5) is 2.93. The highest BCUT2D eigenvalue weighted by Crippen LogP contribution is 2.34. The third-order valence-corrected chi connectivity index (χ3v) is 7.73. The molecule has 0 aliphatic carbocycles. The minimum atomic E-state index is 0.318. The Bertz CT molecular complexity index is 356. The van der Waals surface area contributed by atoms with Gasteiger partial charge < -0.3 is 0 Å². The molecule has 0 unspecified atom stereocenters. The number of unbranched alkanes of at least 4 members (excludes halogenated alkanes) is 16. The third kappa shape index (κ3) is 16.6. The van der Waals surface area contributed by atoms with Crippen molar-refractivity contribution < 1.29 is 0 Å². The molecule has 0 saturated carbocycles. The van der Waals surface area contributed by atoms with Gasteiger partial charge in [-0.3, -0.25) is 4.90 Å². The molecule has 0 aromatic carbocycles. The molecule has 32 heavy (non-hydrogen) atoms. The molecule has 0 amide bonds. The van der Waals surface area contributed by atoms with E-state index in [2.05, 4.69) is 53.4 Å². The van der Waals surface area contributed by atoms with E-state index in [0.29, 0.717) is 11.1 Å². The summed E-state index contributed by atoms with van der Waals surface area (Å²) in [5.41, 5.74) is 0.636. The van der Waals surface area contributed by atoms with E-state index in [1.165, 1.54) is 141 Å². The Balaban J connectivity index is 4.69. The quantitative estimate of drug-likeness (QED) is 0.132. The Hall–Kier alpha value is -0.0400. The first-order chi connectivity index (χ1) is 15.3. The maximum Gasteiger partial charge on any atom is 0.0158 e. The molecule has 0 saturated heterocycles. The summed E-state index contributed by atoms with van der Waals surface area (Å²) in [6.07, 6.45) is 29.5. The Morgan fingerprint density at radius 2 is 0.656 bits per heavy atom. The molecule has 0 rings (SSSR count). The molecule has 1 nitrogen and oxygen atoms in total. The molecule has 0 aromatic rings. The van der Waals surface area contributed by atoms with E-state index in [-0.39, 0.29) is 0 Å². The van der Waals surface area contributed by atoms with Crippen molar-refractivity contribution in [2.24, 2.45) is 0 Å². The Morgan fingerprint density at radius 1 is 0.375 bits per heavy atom. The fourth-order valence-electron chi connectivity index (χ4n) is 5.60. The predicted octanol–water partition coefficient (Wildman–Crippen LogP) is 11.1. The van der Waals surface area contributed by atoms with Gasteiger partial charge in [0.15, 0.2) is 0 Å². The van der Waals surface area contributed by atoms with E-state index >= 15 is 0 Å². The highest BCUT2D eigenvalue weighted by atomic mass is 15.2. The van der Waals surface area contributed by atoms with Crippen molar-refractivity contribution in [3.63, 3.8) is 0 Å². The summed E-state index contributed by atoms with van der Waals surface area (Å²) in [6, 6.07) is 0. The molecule has 0 N–H and O–H groups in total. The van der Waals surface area contributed by atoms with Crippen LogP contribution in [0.3, 0.4) is 0 Å². The second-order valence-corrected chi connectivity index (χ2v) is 11.9. The first kappa shape index (κ1) is 32.0. The minimum absolute atomic E-state index is 0.318. The lowest BCUT2D eigenvalue weighted by atomic mass is 9.85. The van der Waals surface area contributed by atoms with Crippen LogP contribution in [0.1, 0.15) is 183 Å². The zero-order valence-corrected chi connectivity index (χ0v) is 24.0. The SMILES string of the molecule is CCCCCCCCCN(C(C)(C)CCCCCCCC)C(C)(C)CCCCCCCC. The van der Waals surface area contributed by atoms with Gasteiger partial charge in [0.2, 0.25) is 0 Å². The first-order valence-electron chi connectivity index (χ1n) is 15.1. The van der Waals surface area contributed by atoms with Gasteiger partial charge in [-0.1, -0.05) is 136 Å². The molecular formula is C31H65N. The van der Waals surface area contributed by atoms with Crippen LogP contribution >= 0.6 is 0 Å². The molecular weight excluding hydrogens is 386 g/mol. The highest BCUT2D eigenvalue weighted by molar-refractivity contribution is 4.92. The van der Waals surface area contributed by atoms with Crippen LogP contribution < -0.4 is 0 Å². The van der Waals surface area contributed by atoms with Crippen LogP contribution in [-0.4, -0.2) is 22.5 Å². The molecule has 1 heteroatoms. The molecule has 0 aliphatic heterocycles. The predicted molar refractivity (Wildman–Crippen MR) is 149 cm³/mol. The Kier molecular flexibility index (Phi) is 20.3. The van der Waals surface area contributed by atoms with Crippen LogP contribution in [0.4, 0.5) is 0 Å². The Morgan fingerprint density at radius 3 is 1.00 bits per heavy atom. The standard InChI is InChI=1S/C31H65N/c1-8-11-14-17-20-23-26-29-32(30(4,5)27-24-21-18-15-12-9-2)31(6,7)28-25-22-19-16-13-10-3/h8-29H2,1-7H3. The summed E-state index contributed by atoms with van der Waals surface area (Å²) in [6.45, 7) is 18.4. The zero-order chi connectivity index (χ0) is 24.1. The topological polar surface area (TPSA) is 3.24 Å². The monoisotopic (exact) mass is 452 g/mol. The van der Waals surface area contributed by atoms with Gasteiger partial charge in [-0.15, -0.1) is 0 Å². The van der Waals surface area contributed by atoms with Crippen LogP contribution in [0.5, 0.6) is 0 Å². The first-order valence-corrected chi connectivity index (χ1v) is 15.1. The molecule has 0 atom stereocenters. The van der Waals surface area contributed by atoms with Crippen molar-refractivity contribution in [3.05, 3.63) is 0 Å². The molecule has 0 fully saturated rings. The van der Waals surface area contributed by atoms with E-state index in [0.717, 1.165) is 0 Å². The fraction of sp³-hybridized carbons (Fsp3) is 1.00. The van der Waals surface area contributed by atoms with E-state index < -0.39 is 0 Å². The second kappa shape index (κ2) is 20.3. The van der Waals surface area contributed by atoms with Gasteiger partial charge in [0.1, 0.15) is 0 Å². The smallest absolute Gasteiger partial charge is 0.0158 e. The molecule has 0 aliphatic rings. The molecule has 0 radical (unpaired) electrons. The average molecular weight is 452 g/mol. The van der Waals surface area contributed by atoms with Crippen LogP contribution in [0.2, 0.25) is 0 Å². The lowest BCUT2D eigenvalue weighted by molar-refractivity contribution is 0.00151. The van der Waals surface area contributed by atoms with E-state index in [1.54, 1.807) is 0 Å². The van der Waals surface area contributed by atoms with Crippen LogP contribution in [0.15, 0.2) is 0 Å². The molecule has 0 aromatic heterocycles. The van der Waals surface area contributed by atoms with Crippen molar-refractivity contribution in [2.75, 3.05) is 6.54 Å². The van der Waals surface area contributed by atoms with E-state index in [1.807, 2.05) is 0 Å². The van der Waals surface area contributed by atoms with Crippen LogP contribution in [0, 0.1) is 0 Å². The lowest BCUT2D eigenvalue weighted by Gasteiger charge is -2.49. The summed E-state index contributed by atoms with van der Waals surface area (Å²) in [5.74, 6) is 0. The molecule has 194 valence electrons. The Labute approximate surface area is 205 Å². The zero-order valence-electron chi connectivity index (χ0n) is 24.0. The number of hydrogen-bond donors (Lipinski definition) is 0. The van der Waals surface area contributed by atoms with Gasteiger partial charge in [0.05, 0.1) is 0 Å². The van der Waals surface area contributed by atoms with Gasteiger partial charge in [0, 0.05) is 11.1 Å². The normalized spacial score (nSPS) is 12.8. The minimum Gasteiger partial charge on any atom is -0.293 e. The van der Waals surface area contributed by atoms with Crippen molar-refractivity contribution in [1.82, 2.24) is 4.90 Å². The summed E-state index contributed by atoms with van der Waals surface area (Å²) >= 11 is 0. The maximum absolute atomic E-state index is 2.93.